The maximum absolute atomic E-state index is 6.26. The molecule has 0 saturated carbocycles. The molecule has 0 unspecified atom stereocenters. The Bertz CT molecular complexity index is 1410. The van der Waals surface area contributed by atoms with E-state index in [-0.39, 0.29) is 0 Å². The summed E-state index contributed by atoms with van der Waals surface area (Å²) in [6.07, 6.45) is 0.835. The number of aryl methyl sites for hydroxylation is 1. The fraction of sp³-hybridized carbons (Fsp3) is 0.148. The first-order chi connectivity index (χ1) is 16.2. The lowest BCUT2D eigenvalue weighted by atomic mass is 10.1. The number of imidazole rings is 1. The minimum atomic E-state index is 0.307. The van der Waals surface area contributed by atoms with E-state index in [1.807, 2.05) is 36.4 Å². The van der Waals surface area contributed by atoms with E-state index < -0.39 is 0 Å². The predicted molar refractivity (Wildman–Crippen MR) is 135 cm³/mol. The molecule has 0 spiro atoms. The first-order valence-electron chi connectivity index (χ1n) is 10.8. The molecule has 0 atom stereocenters. The van der Waals surface area contributed by atoms with Crippen LogP contribution < -0.4 is 9.47 Å². The van der Waals surface area contributed by atoms with Gasteiger partial charge < -0.3 is 14.0 Å². The molecule has 166 valence electrons. The lowest BCUT2D eigenvalue weighted by Gasteiger charge is -2.12. The van der Waals surface area contributed by atoms with Crippen molar-refractivity contribution in [2.75, 3.05) is 6.61 Å². The van der Waals surface area contributed by atoms with E-state index in [1.165, 1.54) is 10.8 Å². The van der Waals surface area contributed by atoms with Crippen molar-refractivity contribution in [2.45, 2.75) is 19.6 Å². The SMILES string of the molecule is Clc1ccc(OCc2nc3ccccc3n2CCCOc2ccc3ccccc3c2)c(Cl)c1. The Kier molecular flexibility index (Phi) is 6.38. The van der Waals surface area contributed by atoms with Crippen LogP contribution in [0, 0.1) is 0 Å². The molecule has 0 saturated heterocycles. The molecule has 6 heteroatoms. The van der Waals surface area contributed by atoms with E-state index in [4.69, 9.17) is 37.7 Å². The average Bonchev–Trinajstić information content (AvgIpc) is 3.18. The number of fused-ring (bicyclic) bond motifs is 2. The summed E-state index contributed by atoms with van der Waals surface area (Å²) >= 11 is 12.2. The molecule has 5 aromatic rings. The zero-order valence-corrected chi connectivity index (χ0v) is 19.4. The highest BCUT2D eigenvalue weighted by Crippen LogP contribution is 2.28. The summed E-state index contributed by atoms with van der Waals surface area (Å²) in [4.78, 5) is 4.77. The van der Waals surface area contributed by atoms with Gasteiger partial charge in [0.15, 0.2) is 0 Å². The average molecular weight is 477 g/mol. The molecular formula is C27H22Cl2N2O2. The number of aromatic nitrogens is 2. The van der Waals surface area contributed by atoms with Crippen molar-refractivity contribution in [2.24, 2.45) is 0 Å². The van der Waals surface area contributed by atoms with Crippen LogP contribution in [0.4, 0.5) is 0 Å². The van der Waals surface area contributed by atoms with Crippen LogP contribution in [0.3, 0.4) is 0 Å². The number of benzene rings is 4. The standard InChI is InChI=1S/C27H22Cl2N2O2/c28-21-11-13-26(23(29)17-21)33-18-27-30-24-8-3-4-9-25(24)31(27)14-5-15-32-22-12-10-19-6-1-2-7-20(19)16-22/h1-4,6-13,16-17H,5,14-15,18H2. The van der Waals surface area contributed by atoms with Crippen molar-refractivity contribution >= 4 is 45.0 Å². The Morgan fingerprint density at radius 3 is 2.48 bits per heavy atom. The third-order valence-electron chi connectivity index (χ3n) is 5.50. The molecule has 4 nitrogen and oxygen atoms in total. The van der Waals surface area contributed by atoms with Crippen LogP contribution in [0.1, 0.15) is 12.2 Å². The summed E-state index contributed by atoms with van der Waals surface area (Å²) in [6.45, 7) is 1.68. The lowest BCUT2D eigenvalue weighted by molar-refractivity contribution is 0.280. The fourth-order valence-electron chi connectivity index (χ4n) is 3.89. The van der Waals surface area contributed by atoms with Gasteiger partial charge in [0.1, 0.15) is 23.9 Å². The van der Waals surface area contributed by atoms with Crippen LogP contribution in [0.5, 0.6) is 11.5 Å². The van der Waals surface area contributed by atoms with Gasteiger partial charge >= 0.3 is 0 Å². The molecule has 0 radical (unpaired) electrons. The molecule has 0 N–H and O–H groups in total. The van der Waals surface area contributed by atoms with Crippen molar-refractivity contribution in [1.29, 1.82) is 0 Å². The largest absolute Gasteiger partial charge is 0.494 e. The van der Waals surface area contributed by atoms with Crippen LogP contribution in [-0.4, -0.2) is 16.2 Å². The Balaban J connectivity index is 1.27. The van der Waals surface area contributed by atoms with Gasteiger partial charge in [0, 0.05) is 11.6 Å². The van der Waals surface area contributed by atoms with E-state index in [2.05, 4.69) is 34.9 Å². The van der Waals surface area contributed by atoms with Gasteiger partial charge in [-0.2, -0.15) is 0 Å². The number of rotatable bonds is 8. The second kappa shape index (κ2) is 9.74. The van der Waals surface area contributed by atoms with Crippen molar-refractivity contribution < 1.29 is 9.47 Å². The van der Waals surface area contributed by atoms with Crippen molar-refractivity contribution in [3.8, 4) is 11.5 Å². The van der Waals surface area contributed by atoms with Gasteiger partial charge in [0.25, 0.3) is 0 Å². The Labute approximate surface area is 202 Å². The molecular weight excluding hydrogens is 455 g/mol. The normalized spacial score (nSPS) is 11.2. The van der Waals surface area contributed by atoms with E-state index in [0.717, 1.165) is 35.6 Å². The van der Waals surface area contributed by atoms with E-state index in [0.29, 0.717) is 29.0 Å². The van der Waals surface area contributed by atoms with Crippen LogP contribution in [0.2, 0.25) is 10.0 Å². The van der Waals surface area contributed by atoms with Gasteiger partial charge in [0.2, 0.25) is 0 Å². The second-order valence-corrected chi connectivity index (χ2v) is 8.59. The molecule has 0 aliphatic heterocycles. The summed E-state index contributed by atoms with van der Waals surface area (Å²) < 4.78 is 14.2. The lowest BCUT2D eigenvalue weighted by Crippen LogP contribution is -2.10. The molecule has 0 fully saturated rings. The minimum Gasteiger partial charge on any atom is -0.494 e. The van der Waals surface area contributed by atoms with Gasteiger partial charge in [-0.3, -0.25) is 0 Å². The number of ether oxygens (including phenoxy) is 2. The Morgan fingerprint density at radius 2 is 1.61 bits per heavy atom. The van der Waals surface area contributed by atoms with Crippen LogP contribution in [0.15, 0.2) is 84.9 Å². The minimum absolute atomic E-state index is 0.307. The van der Waals surface area contributed by atoms with Gasteiger partial charge in [-0.15, -0.1) is 0 Å². The molecule has 4 aromatic carbocycles. The van der Waals surface area contributed by atoms with Crippen molar-refractivity contribution in [1.82, 2.24) is 9.55 Å². The molecule has 0 amide bonds. The smallest absolute Gasteiger partial charge is 0.148 e. The topological polar surface area (TPSA) is 36.3 Å². The molecule has 1 aromatic heterocycles. The first-order valence-corrected chi connectivity index (χ1v) is 11.6. The highest BCUT2D eigenvalue weighted by atomic mass is 35.5. The van der Waals surface area contributed by atoms with E-state index in [1.54, 1.807) is 18.2 Å². The number of nitrogens with zero attached hydrogens (tertiary/aromatic N) is 2. The summed E-state index contributed by atoms with van der Waals surface area (Å²) in [5, 5.41) is 3.44. The Hall–Kier alpha value is -3.21. The van der Waals surface area contributed by atoms with Gasteiger partial charge in [-0.25, -0.2) is 4.98 Å². The number of halogens is 2. The first kappa shape index (κ1) is 21.6. The fourth-order valence-corrected chi connectivity index (χ4v) is 4.35. The summed E-state index contributed by atoms with van der Waals surface area (Å²) in [6, 6.07) is 27.8. The molecule has 0 aliphatic carbocycles. The third-order valence-corrected chi connectivity index (χ3v) is 6.03. The molecule has 5 rings (SSSR count). The van der Waals surface area contributed by atoms with Crippen LogP contribution in [0.25, 0.3) is 21.8 Å². The van der Waals surface area contributed by atoms with Gasteiger partial charge in [-0.1, -0.05) is 65.7 Å². The van der Waals surface area contributed by atoms with Crippen LogP contribution in [-0.2, 0) is 13.2 Å². The maximum Gasteiger partial charge on any atom is 0.148 e. The zero-order valence-electron chi connectivity index (χ0n) is 17.9. The van der Waals surface area contributed by atoms with Gasteiger partial charge in [-0.05, 0) is 59.7 Å². The summed E-state index contributed by atoms with van der Waals surface area (Å²) in [7, 11) is 0. The van der Waals surface area contributed by atoms with Crippen molar-refractivity contribution in [3.63, 3.8) is 0 Å². The monoisotopic (exact) mass is 476 g/mol. The maximum atomic E-state index is 6.26. The number of para-hydroxylation sites is 2. The number of hydrogen-bond donors (Lipinski definition) is 0. The third kappa shape index (κ3) is 4.92. The molecule has 0 bridgehead atoms. The van der Waals surface area contributed by atoms with Crippen molar-refractivity contribution in [3.05, 3.63) is 101 Å². The predicted octanol–water partition coefficient (Wildman–Crippen LogP) is 7.54. The Morgan fingerprint density at radius 1 is 0.788 bits per heavy atom. The second-order valence-electron chi connectivity index (χ2n) is 7.74. The van der Waals surface area contributed by atoms with E-state index >= 15 is 0 Å². The van der Waals surface area contributed by atoms with Gasteiger partial charge in [0.05, 0.1) is 22.7 Å². The molecule has 1 heterocycles. The quantitative estimate of drug-likeness (QED) is 0.217. The number of hydrogen-bond acceptors (Lipinski definition) is 3. The summed E-state index contributed by atoms with van der Waals surface area (Å²) in [5.41, 5.74) is 2.01. The summed E-state index contributed by atoms with van der Waals surface area (Å²) in [5.74, 6) is 2.30. The highest BCUT2D eigenvalue weighted by molar-refractivity contribution is 6.35. The highest BCUT2D eigenvalue weighted by Gasteiger charge is 2.12. The zero-order chi connectivity index (χ0) is 22.6. The molecule has 33 heavy (non-hydrogen) atoms. The van der Waals surface area contributed by atoms with E-state index in [9.17, 15) is 0 Å². The van der Waals surface area contributed by atoms with Crippen LogP contribution >= 0.6 is 23.2 Å². The molecule has 0 aliphatic rings.